The third-order valence-electron chi connectivity index (χ3n) is 3.91. The summed E-state index contributed by atoms with van der Waals surface area (Å²) in [7, 11) is 1.26. The fourth-order valence-electron chi connectivity index (χ4n) is 2.58. The highest BCUT2D eigenvalue weighted by atomic mass is 32.2. The molecule has 0 aromatic heterocycles. The number of nitrogens with zero attached hydrogens (tertiary/aromatic N) is 2. The molecule has 2 amide bonds. The Kier molecular flexibility index (Phi) is 5.96. The first-order valence-electron chi connectivity index (χ1n) is 7.61. The van der Waals surface area contributed by atoms with Crippen molar-refractivity contribution in [2.45, 2.75) is 0 Å². The van der Waals surface area contributed by atoms with Gasteiger partial charge in [-0.05, 0) is 0 Å². The molecule has 1 N–H and O–H groups in total. The number of hydrogen-bond donors (Lipinski definition) is 1. The van der Waals surface area contributed by atoms with E-state index < -0.39 is 10.0 Å². The number of methoxy groups -OCH3 is 3. The van der Waals surface area contributed by atoms with Gasteiger partial charge >= 0.3 is 6.03 Å². The highest BCUT2D eigenvalue weighted by Crippen LogP contribution is 2.39. The minimum absolute atomic E-state index is 0.279. The third kappa shape index (κ3) is 4.45. The maximum atomic E-state index is 12.4. The molecule has 9 nitrogen and oxygen atoms in total. The van der Waals surface area contributed by atoms with Gasteiger partial charge in [0, 0.05) is 38.3 Å². The first kappa shape index (κ1) is 19.1. The Morgan fingerprint density at radius 3 is 1.92 bits per heavy atom. The maximum Gasteiger partial charge on any atom is 0.321 e. The average molecular weight is 373 g/mol. The molecule has 10 heteroatoms. The van der Waals surface area contributed by atoms with Crippen LogP contribution in [0.1, 0.15) is 0 Å². The molecule has 0 saturated carbocycles. The van der Waals surface area contributed by atoms with Gasteiger partial charge in [-0.1, -0.05) is 0 Å². The molecule has 140 valence electrons. The van der Waals surface area contributed by atoms with Gasteiger partial charge in [0.15, 0.2) is 11.5 Å². The fourth-order valence-corrected chi connectivity index (χ4v) is 3.41. The SMILES string of the molecule is COc1cc(NC(=O)N2CCN(S(C)(=O)=O)CC2)cc(OC)c1OC. The van der Waals surface area contributed by atoms with Crippen molar-refractivity contribution in [3.05, 3.63) is 12.1 Å². The van der Waals surface area contributed by atoms with Crippen LogP contribution in [0.15, 0.2) is 12.1 Å². The molecule has 0 radical (unpaired) electrons. The van der Waals surface area contributed by atoms with Crippen molar-refractivity contribution in [1.29, 1.82) is 0 Å². The van der Waals surface area contributed by atoms with Crippen LogP contribution >= 0.6 is 0 Å². The molecule has 0 bridgehead atoms. The molecule has 0 spiro atoms. The summed E-state index contributed by atoms with van der Waals surface area (Å²) in [5.74, 6) is 1.29. The Hall–Kier alpha value is -2.20. The molecule has 2 rings (SSSR count). The van der Waals surface area contributed by atoms with E-state index in [1.807, 2.05) is 0 Å². The number of piperazine rings is 1. The van der Waals surface area contributed by atoms with Gasteiger partial charge in [-0.2, -0.15) is 4.31 Å². The van der Waals surface area contributed by atoms with Crippen molar-refractivity contribution in [3.63, 3.8) is 0 Å². The van der Waals surface area contributed by atoms with Gasteiger partial charge in [0.25, 0.3) is 0 Å². The average Bonchev–Trinajstić information content (AvgIpc) is 2.60. The van der Waals surface area contributed by atoms with E-state index in [1.54, 1.807) is 17.0 Å². The highest BCUT2D eigenvalue weighted by molar-refractivity contribution is 7.88. The van der Waals surface area contributed by atoms with Crippen LogP contribution in [0.4, 0.5) is 10.5 Å². The molecule has 1 fully saturated rings. The summed E-state index contributed by atoms with van der Waals surface area (Å²) in [6.07, 6.45) is 1.17. The first-order chi connectivity index (χ1) is 11.8. The number of rotatable bonds is 5. The second-order valence-electron chi connectivity index (χ2n) is 5.49. The summed E-state index contributed by atoms with van der Waals surface area (Å²) in [5.41, 5.74) is 0.491. The first-order valence-corrected chi connectivity index (χ1v) is 9.46. The molecular weight excluding hydrogens is 350 g/mol. The van der Waals surface area contributed by atoms with E-state index >= 15 is 0 Å². The summed E-state index contributed by atoms with van der Waals surface area (Å²) in [6, 6.07) is 2.94. The van der Waals surface area contributed by atoms with Gasteiger partial charge in [0.1, 0.15) is 0 Å². The Bertz CT molecular complexity index is 704. The van der Waals surface area contributed by atoms with Gasteiger partial charge in [0.05, 0.1) is 33.3 Å². The summed E-state index contributed by atoms with van der Waals surface area (Å²) >= 11 is 0. The van der Waals surface area contributed by atoms with Gasteiger partial charge in [-0.25, -0.2) is 13.2 Å². The fraction of sp³-hybridized carbons (Fsp3) is 0.533. The Labute approximate surface area is 147 Å². The van der Waals surface area contributed by atoms with Crippen molar-refractivity contribution in [2.24, 2.45) is 0 Å². The monoisotopic (exact) mass is 373 g/mol. The van der Waals surface area contributed by atoms with Crippen LogP contribution in [0.25, 0.3) is 0 Å². The minimum Gasteiger partial charge on any atom is -0.493 e. The van der Waals surface area contributed by atoms with Crippen LogP contribution in [0.2, 0.25) is 0 Å². The van der Waals surface area contributed by atoms with Crippen LogP contribution in [-0.4, -0.2) is 77.4 Å². The molecule has 1 heterocycles. The number of anilines is 1. The Morgan fingerprint density at radius 1 is 1.00 bits per heavy atom. The molecule has 1 saturated heterocycles. The zero-order chi connectivity index (χ0) is 18.6. The lowest BCUT2D eigenvalue weighted by molar-refractivity contribution is 0.184. The molecule has 1 aliphatic heterocycles. The minimum atomic E-state index is -3.23. The normalized spacial score (nSPS) is 15.6. The number of urea groups is 1. The summed E-state index contributed by atoms with van der Waals surface area (Å²) < 4.78 is 40.2. The number of sulfonamides is 1. The zero-order valence-electron chi connectivity index (χ0n) is 14.7. The molecular formula is C15H23N3O6S. The number of ether oxygens (including phenoxy) is 3. The topological polar surface area (TPSA) is 97.4 Å². The summed E-state index contributed by atoms with van der Waals surface area (Å²) in [6.45, 7) is 1.20. The third-order valence-corrected chi connectivity index (χ3v) is 5.21. The Morgan fingerprint density at radius 2 is 1.52 bits per heavy atom. The molecule has 1 aliphatic rings. The largest absolute Gasteiger partial charge is 0.493 e. The molecule has 0 unspecified atom stereocenters. The number of amides is 2. The van der Waals surface area contributed by atoms with E-state index in [-0.39, 0.29) is 19.1 Å². The van der Waals surface area contributed by atoms with Crippen LogP contribution in [0.5, 0.6) is 17.2 Å². The predicted molar refractivity (Wildman–Crippen MR) is 93.1 cm³/mol. The number of hydrogen-bond acceptors (Lipinski definition) is 6. The lowest BCUT2D eigenvalue weighted by Gasteiger charge is -2.33. The van der Waals surface area contributed by atoms with Gasteiger partial charge in [0.2, 0.25) is 15.8 Å². The standard InChI is InChI=1S/C15H23N3O6S/c1-22-12-9-11(10-13(23-2)14(12)24-3)16-15(19)17-5-7-18(8-6-17)25(4,20)21/h9-10H,5-8H2,1-4H3,(H,16,19). The Balaban J connectivity index is 2.08. The number of carbonyl (C=O) groups is 1. The van der Waals surface area contributed by atoms with E-state index in [4.69, 9.17) is 14.2 Å². The number of nitrogens with one attached hydrogen (secondary N) is 1. The van der Waals surface area contributed by atoms with Crippen LogP contribution in [-0.2, 0) is 10.0 Å². The van der Waals surface area contributed by atoms with Crippen LogP contribution < -0.4 is 19.5 Å². The predicted octanol–water partition coefficient (Wildman–Crippen LogP) is 0.822. The molecule has 25 heavy (non-hydrogen) atoms. The van der Waals surface area contributed by atoms with E-state index in [0.29, 0.717) is 36.0 Å². The number of benzene rings is 1. The van der Waals surface area contributed by atoms with Crippen LogP contribution in [0, 0.1) is 0 Å². The van der Waals surface area contributed by atoms with Crippen molar-refractivity contribution >= 4 is 21.7 Å². The van der Waals surface area contributed by atoms with Crippen molar-refractivity contribution < 1.29 is 27.4 Å². The second-order valence-corrected chi connectivity index (χ2v) is 7.48. The van der Waals surface area contributed by atoms with E-state index in [9.17, 15) is 13.2 Å². The molecule has 0 aliphatic carbocycles. The molecule has 1 aromatic rings. The van der Waals surface area contributed by atoms with Gasteiger partial charge in [-0.15, -0.1) is 0 Å². The van der Waals surface area contributed by atoms with Gasteiger partial charge < -0.3 is 24.4 Å². The number of carbonyl (C=O) groups excluding carboxylic acids is 1. The van der Waals surface area contributed by atoms with Crippen molar-refractivity contribution in [1.82, 2.24) is 9.21 Å². The van der Waals surface area contributed by atoms with Crippen molar-refractivity contribution in [3.8, 4) is 17.2 Å². The summed E-state index contributed by atoms with van der Waals surface area (Å²) in [5, 5.41) is 2.77. The molecule has 0 atom stereocenters. The smallest absolute Gasteiger partial charge is 0.321 e. The lowest BCUT2D eigenvalue weighted by atomic mass is 10.2. The maximum absolute atomic E-state index is 12.4. The van der Waals surface area contributed by atoms with E-state index in [2.05, 4.69) is 5.32 Å². The zero-order valence-corrected chi connectivity index (χ0v) is 15.6. The van der Waals surface area contributed by atoms with Crippen LogP contribution in [0.3, 0.4) is 0 Å². The molecule has 1 aromatic carbocycles. The quantitative estimate of drug-likeness (QED) is 0.821. The summed E-state index contributed by atoms with van der Waals surface area (Å²) in [4.78, 5) is 14.0. The van der Waals surface area contributed by atoms with Gasteiger partial charge in [-0.3, -0.25) is 0 Å². The highest BCUT2D eigenvalue weighted by Gasteiger charge is 2.26. The van der Waals surface area contributed by atoms with E-state index in [0.717, 1.165) is 0 Å². The second kappa shape index (κ2) is 7.79. The van der Waals surface area contributed by atoms with Crippen molar-refractivity contribution in [2.75, 3.05) is 59.1 Å². The van der Waals surface area contributed by atoms with E-state index in [1.165, 1.54) is 31.9 Å². The lowest BCUT2D eigenvalue weighted by Crippen LogP contribution is -2.51.